The highest BCUT2D eigenvalue weighted by Crippen LogP contribution is 2.21. The Balaban J connectivity index is 2.08. The third-order valence-corrected chi connectivity index (χ3v) is 4.33. The maximum Gasteiger partial charge on any atom is 0.135 e. The molecule has 23 heavy (non-hydrogen) atoms. The maximum absolute atomic E-state index is 9.25. The van der Waals surface area contributed by atoms with Crippen molar-refractivity contribution in [3.63, 3.8) is 0 Å². The third-order valence-electron chi connectivity index (χ3n) is 3.34. The summed E-state index contributed by atoms with van der Waals surface area (Å²) < 4.78 is 0. The summed E-state index contributed by atoms with van der Waals surface area (Å²) in [4.78, 5) is 6.42. The van der Waals surface area contributed by atoms with E-state index in [2.05, 4.69) is 28.2 Å². The fourth-order valence-corrected chi connectivity index (χ4v) is 2.90. The highest BCUT2D eigenvalue weighted by molar-refractivity contribution is 7.10. The summed E-state index contributed by atoms with van der Waals surface area (Å²) in [6, 6.07) is 10.1. The summed E-state index contributed by atoms with van der Waals surface area (Å²) in [6.07, 6.45) is 1.68. The molecule has 0 atom stereocenters. The molecule has 5 nitrogen and oxygen atoms in total. The second-order valence-corrected chi connectivity index (χ2v) is 5.82. The topological polar surface area (TPSA) is 72.2 Å². The number of aliphatic hydroxyl groups excluding tert-OH is 1. The Labute approximate surface area is 140 Å². The molecule has 0 unspecified atom stereocenters. The van der Waals surface area contributed by atoms with E-state index in [1.54, 1.807) is 6.20 Å². The first-order valence-electron chi connectivity index (χ1n) is 7.43. The number of aliphatic hydroxyl groups is 1. The molecule has 120 valence electrons. The molecule has 0 bridgehead atoms. The standard InChI is InChI=1S/C17H20N4OS/c1-3-21(8-9-22)16-6-4-15(5-7-16)19-11-14(10-18)17-20-13(2)12-23-17/h4-7,11-12,19,22H,3,8-9H2,1-2H3/b14-11+. The number of hydrogen-bond acceptors (Lipinski definition) is 6. The number of nitrogens with zero attached hydrogens (tertiary/aromatic N) is 3. The highest BCUT2D eigenvalue weighted by atomic mass is 32.1. The van der Waals surface area contributed by atoms with Gasteiger partial charge in [-0.15, -0.1) is 11.3 Å². The van der Waals surface area contributed by atoms with Crippen molar-refractivity contribution in [2.24, 2.45) is 0 Å². The first-order chi connectivity index (χ1) is 11.2. The average molecular weight is 328 g/mol. The van der Waals surface area contributed by atoms with Gasteiger partial charge in [-0.1, -0.05) is 0 Å². The molecule has 6 heteroatoms. The Hall–Kier alpha value is -2.36. The van der Waals surface area contributed by atoms with E-state index in [-0.39, 0.29) is 6.61 Å². The van der Waals surface area contributed by atoms with Gasteiger partial charge in [0.1, 0.15) is 16.6 Å². The molecule has 0 spiro atoms. The Morgan fingerprint density at radius 1 is 1.43 bits per heavy atom. The first kappa shape index (κ1) is 17.0. The van der Waals surface area contributed by atoms with Crippen molar-refractivity contribution in [1.29, 1.82) is 5.26 Å². The van der Waals surface area contributed by atoms with Gasteiger partial charge in [0.15, 0.2) is 0 Å². The Morgan fingerprint density at radius 2 is 2.17 bits per heavy atom. The minimum atomic E-state index is 0.134. The van der Waals surface area contributed by atoms with E-state index in [1.807, 2.05) is 36.6 Å². The zero-order valence-electron chi connectivity index (χ0n) is 13.3. The third kappa shape index (κ3) is 4.55. The average Bonchev–Trinajstić information content (AvgIpc) is 3.00. The lowest BCUT2D eigenvalue weighted by molar-refractivity contribution is 0.302. The van der Waals surface area contributed by atoms with Gasteiger partial charge in [0.05, 0.1) is 6.61 Å². The molecule has 0 aliphatic heterocycles. The van der Waals surface area contributed by atoms with Crippen molar-refractivity contribution < 1.29 is 5.11 Å². The van der Waals surface area contributed by atoms with E-state index < -0.39 is 0 Å². The molecule has 0 fully saturated rings. The summed E-state index contributed by atoms with van der Waals surface area (Å²) >= 11 is 1.46. The summed E-state index contributed by atoms with van der Waals surface area (Å²) in [7, 11) is 0. The predicted molar refractivity (Wildman–Crippen MR) is 95.5 cm³/mol. The van der Waals surface area contributed by atoms with Gasteiger partial charge in [-0.2, -0.15) is 5.26 Å². The molecule has 0 amide bonds. The second kappa shape index (κ2) is 8.32. The second-order valence-electron chi connectivity index (χ2n) is 4.96. The molecule has 2 N–H and O–H groups in total. The van der Waals surface area contributed by atoms with Gasteiger partial charge in [0.25, 0.3) is 0 Å². The summed E-state index contributed by atoms with van der Waals surface area (Å²) in [5.41, 5.74) is 3.39. The van der Waals surface area contributed by atoms with E-state index in [4.69, 9.17) is 5.11 Å². The van der Waals surface area contributed by atoms with Crippen molar-refractivity contribution in [3.05, 3.63) is 46.5 Å². The Bertz CT molecular complexity index is 700. The fourth-order valence-electron chi connectivity index (χ4n) is 2.13. The SMILES string of the molecule is CCN(CCO)c1ccc(N/C=C(\C#N)c2nc(C)cs2)cc1. The number of aryl methyl sites for hydroxylation is 1. The molecule has 2 aromatic rings. The number of thiazole rings is 1. The number of rotatable bonds is 7. The number of aromatic nitrogens is 1. The van der Waals surface area contributed by atoms with Crippen LogP contribution >= 0.6 is 11.3 Å². The van der Waals surface area contributed by atoms with E-state index in [0.717, 1.165) is 23.6 Å². The van der Waals surface area contributed by atoms with Gasteiger partial charge in [-0.3, -0.25) is 0 Å². The minimum absolute atomic E-state index is 0.134. The van der Waals surface area contributed by atoms with Crippen LogP contribution in [0.4, 0.5) is 11.4 Å². The normalized spacial score (nSPS) is 11.1. The molecule has 2 rings (SSSR count). The number of benzene rings is 1. The van der Waals surface area contributed by atoms with Gasteiger partial charge in [-0.25, -0.2) is 4.98 Å². The van der Waals surface area contributed by atoms with Crippen LogP contribution in [0.2, 0.25) is 0 Å². The Kier molecular flexibility index (Phi) is 6.15. The van der Waals surface area contributed by atoms with Gasteiger partial charge in [0.2, 0.25) is 0 Å². The first-order valence-corrected chi connectivity index (χ1v) is 8.31. The van der Waals surface area contributed by atoms with Crippen LogP contribution in [-0.2, 0) is 0 Å². The Morgan fingerprint density at radius 3 is 2.70 bits per heavy atom. The van der Waals surface area contributed by atoms with Crippen LogP contribution in [0.1, 0.15) is 17.6 Å². The number of hydrogen-bond donors (Lipinski definition) is 2. The van der Waals surface area contributed by atoms with Crippen LogP contribution in [0, 0.1) is 18.3 Å². The quantitative estimate of drug-likeness (QED) is 0.763. The summed E-state index contributed by atoms with van der Waals surface area (Å²) in [5.74, 6) is 0. The lowest BCUT2D eigenvalue weighted by atomic mass is 10.2. The number of allylic oxidation sites excluding steroid dienone is 1. The van der Waals surface area contributed by atoms with Crippen molar-refractivity contribution in [2.75, 3.05) is 29.9 Å². The molecule has 0 aliphatic rings. The van der Waals surface area contributed by atoms with Gasteiger partial charge in [0, 0.05) is 41.7 Å². The minimum Gasteiger partial charge on any atom is -0.395 e. The maximum atomic E-state index is 9.25. The molecular weight excluding hydrogens is 308 g/mol. The van der Waals surface area contributed by atoms with Crippen molar-refractivity contribution in [3.8, 4) is 6.07 Å². The van der Waals surface area contributed by atoms with E-state index in [9.17, 15) is 5.26 Å². The summed E-state index contributed by atoms with van der Waals surface area (Å²) in [5, 5.41) is 24.1. The molecule has 1 aromatic heterocycles. The number of nitrogens with one attached hydrogen (secondary N) is 1. The number of nitriles is 1. The van der Waals surface area contributed by atoms with Crippen LogP contribution in [0.25, 0.3) is 5.57 Å². The lowest BCUT2D eigenvalue weighted by Gasteiger charge is -2.22. The van der Waals surface area contributed by atoms with Crippen LogP contribution in [0.5, 0.6) is 0 Å². The number of anilines is 2. The largest absolute Gasteiger partial charge is 0.395 e. The van der Waals surface area contributed by atoms with Crippen molar-refractivity contribution in [1.82, 2.24) is 4.98 Å². The zero-order valence-corrected chi connectivity index (χ0v) is 14.1. The van der Waals surface area contributed by atoms with E-state index in [1.165, 1.54) is 11.3 Å². The fraction of sp³-hybridized carbons (Fsp3) is 0.294. The van der Waals surface area contributed by atoms with Crippen LogP contribution in [-0.4, -0.2) is 29.8 Å². The van der Waals surface area contributed by atoms with E-state index >= 15 is 0 Å². The van der Waals surface area contributed by atoms with Crippen LogP contribution in [0.3, 0.4) is 0 Å². The smallest absolute Gasteiger partial charge is 0.135 e. The van der Waals surface area contributed by atoms with Gasteiger partial charge in [-0.05, 0) is 38.1 Å². The summed E-state index contributed by atoms with van der Waals surface area (Å²) in [6.45, 7) is 5.56. The molecule has 0 saturated heterocycles. The zero-order chi connectivity index (χ0) is 16.7. The number of likely N-dealkylation sites (N-methyl/N-ethyl adjacent to an activating group) is 1. The molecule has 1 heterocycles. The molecule has 0 aliphatic carbocycles. The van der Waals surface area contributed by atoms with E-state index in [0.29, 0.717) is 17.1 Å². The molecule has 0 saturated carbocycles. The van der Waals surface area contributed by atoms with Gasteiger partial charge < -0.3 is 15.3 Å². The van der Waals surface area contributed by atoms with Crippen LogP contribution in [0.15, 0.2) is 35.8 Å². The highest BCUT2D eigenvalue weighted by Gasteiger charge is 2.06. The lowest BCUT2D eigenvalue weighted by Crippen LogP contribution is -2.25. The van der Waals surface area contributed by atoms with Gasteiger partial charge >= 0.3 is 0 Å². The van der Waals surface area contributed by atoms with Crippen molar-refractivity contribution in [2.45, 2.75) is 13.8 Å². The predicted octanol–water partition coefficient (Wildman–Crippen LogP) is 3.25. The molecular formula is C17H20N4OS. The molecule has 0 radical (unpaired) electrons. The monoisotopic (exact) mass is 328 g/mol. The molecule has 1 aromatic carbocycles. The van der Waals surface area contributed by atoms with Crippen molar-refractivity contribution >= 4 is 28.3 Å². The van der Waals surface area contributed by atoms with Crippen LogP contribution < -0.4 is 10.2 Å².